The maximum atomic E-state index is 12.5. The molecule has 0 fully saturated rings. The molecule has 0 aliphatic rings. The highest BCUT2D eigenvalue weighted by Gasteiger charge is 2.15. The minimum atomic E-state index is -0.644. The Bertz CT molecular complexity index is 930. The largest absolute Gasteiger partial charge is 0.351 e. The number of carbonyl (C=O) groups excluding carboxylic acids is 2. The number of aryl methyl sites for hydroxylation is 2. The molecule has 122 valence electrons. The number of carbonyl (C=O) groups is 2. The van der Waals surface area contributed by atoms with Crippen molar-refractivity contribution in [2.75, 3.05) is 10.6 Å². The molecule has 3 rings (SSSR count). The molecule has 0 aliphatic heterocycles. The third-order valence-corrected chi connectivity index (χ3v) is 3.43. The molecule has 3 aromatic rings. The van der Waals surface area contributed by atoms with Gasteiger partial charge in [-0.15, -0.1) is 0 Å². The van der Waals surface area contributed by atoms with E-state index < -0.39 is 6.03 Å². The van der Waals surface area contributed by atoms with Crippen LogP contribution in [0.15, 0.2) is 36.5 Å². The van der Waals surface area contributed by atoms with Crippen LogP contribution < -0.4 is 16.4 Å². The van der Waals surface area contributed by atoms with Crippen molar-refractivity contribution >= 4 is 29.0 Å². The van der Waals surface area contributed by atoms with E-state index >= 15 is 0 Å². The Morgan fingerprint density at radius 2 is 1.71 bits per heavy atom. The number of benzene rings is 1. The molecule has 0 saturated carbocycles. The number of rotatable bonds is 3. The Hall–Kier alpha value is -3.42. The number of amides is 3. The van der Waals surface area contributed by atoms with Gasteiger partial charge in [0.05, 0.1) is 6.20 Å². The molecule has 3 amide bonds. The van der Waals surface area contributed by atoms with Gasteiger partial charge in [0, 0.05) is 22.8 Å². The average Bonchev–Trinajstić information content (AvgIpc) is 2.93. The lowest BCUT2D eigenvalue weighted by Crippen LogP contribution is -2.19. The van der Waals surface area contributed by atoms with Crippen LogP contribution in [0.1, 0.15) is 21.7 Å². The van der Waals surface area contributed by atoms with Crippen molar-refractivity contribution in [3.63, 3.8) is 0 Å². The maximum absolute atomic E-state index is 12.5. The summed E-state index contributed by atoms with van der Waals surface area (Å²) in [6.45, 7) is 3.77. The van der Waals surface area contributed by atoms with Gasteiger partial charge >= 0.3 is 6.03 Å². The van der Waals surface area contributed by atoms with Crippen molar-refractivity contribution < 1.29 is 9.59 Å². The molecule has 0 aliphatic carbocycles. The number of nitrogens with zero attached hydrogens (tertiary/aromatic N) is 3. The zero-order valence-electron chi connectivity index (χ0n) is 13.2. The first-order valence-electron chi connectivity index (χ1n) is 7.24. The summed E-state index contributed by atoms with van der Waals surface area (Å²) in [5.74, 6) is -0.307. The average molecular weight is 324 g/mol. The molecule has 0 atom stereocenters. The van der Waals surface area contributed by atoms with Gasteiger partial charge < -0.3 is 16.4 Å². The van der Waals surface area contributed by atoms with E-state index in [4.69, 9.17) is 5.73 Å². The fourth-order valence-corrected chi connectivity index (χ4v) is 2.41. The molecule has 0 radical (unpaired) electrons. The van der Waals surface area contributed by atoms with Crippen molar-refractivity contribution in [1.29, 1.82) is 0 Å². The fourth-order valence-electron chi connectivity index (χ4n) is 2.41. The molecular weight excluding hydrogens is 308 g/mol. The van der Waals surface area contributed by atoms with Gasteiger partial charge in [0.1, 0.15) is 5.56 Å². The van der Waals surface area contributed by atoms with Crippen LogP contribution in [0.2, 0.25) is 0 Å². The normalized spacial score (nSPS) is 10.6. The Kier molecular flexibility index (Phi) is 3.87. The maximum Gasteiger partial charge on any atom is 0.316 e. The summed E-state index contributed by atoms with van der Waals surface area (Å²) in [7, 11) is 0. The molecule has 4 N–H and O–H groups in total. The standard InChI is InChI=1S/C16H16N6O2/c1-9-7-10(2)22-14(19-9)13(8-18-22)15(23)20-11-3-5-12(6-4-11)21-16(17)24/h3-8H,1-2H3,(H,20,23)(H3,17,21,24). The molecule has 1 aromatic carbocycles. The number of fused-ring (bicyclic) bond motifs is 1. The van der Waals surface area contributed by atoms with E-state index in [1.165, 1.54) is 6.20 Å². The minimum absolute atomic E-state index is 0.307. The zero-order chi connectivity index (χ0) is 17.3. The van der Waals surface area contributed by atoms with Gasteiger partial charge in [-0.3, -0.25) is 4.79 Å². The highest BCUT2D eigenvalue weighted by molar-refractivity contribution is 6.08. The monoisotopic (exact) mass is 324 g/mol. The first kappa shape index (κ1) is 15.5. The van der Waals surface area contributed by atoms with Crippen LogP contribution in [0.4, 0.5) is 16.2 Å². The van der Waals surface area contributed by atoms with Crippen LogP contribution in [0.25, 0.3) is 5.65 Å². The van der Waals surface area contributed by atoms with E-state index in [2.05, 4.69) is 20.7 Å². The van der Waals surface area contributed by atoms with Gasteiger partial charge in [-0.25, -0.2) is 14.3 Å². The van der Waals surface area contributed by atoms with Crippen molar-refractivity contribution in [2.24, 2.45) is 5.73 Å². The smallest absolute Gasteiger partial charge is 0.316 e. The first-order valence-corrected chi connectivity index (χ1v) is 7.24. The minimum Gasteiger partial charge on any atom is -0.351 e. The number of nitrogens with two attached hydrogens (primary N) is 1. The summed E-state index contributed by atoms with van der Waals surface area (Å²) in [6, 6.07) is 7.87. The van der Waals surface area contributed by atoms with Crippen molar-refractivity contribution in [3.8, 4) is 0 Å². The van der Waals surface area contributed by atoms with Crippen molar-refractivity contribution in [2.45, 2.75) is 13.8 Å². The third kappa shape index (κ3) is 3.02. The van der Waals surface area contributed by atoms with E-state index in [0.29, 0.717) is 22.6 Å². The summed E-state index contributed by atoms with van der Waals surface area (Å²) < 4.78 is 1.63. The molecule has 0 spiro atoms. The molecule has 8 heteroatoms. The topological polar surface area (TPSA) is 114 Å². The van der Waals surface area contributed by atoms with Crippen molar-refractivity contribution in [1.82, 2.24) is 14.6 Å². The Morgan fingerprint density at radius 3 is 2.33 bits per heavy atom. The summed E-state index contributed by atoms with van der Waals surface area (Å²) in [4.78, 5) is 27.7. The van der Waals surface area contributed by atoms with Crippen molar-refractivity contribution in [3.05, 3.63) is 53.5 Å². The Balaban J connectivity index is 1.84. The number of primary amides is 1. The molecular formula is C16H16N6O2. The fraction of sp³-hybridized carbons (Fsp3) is 0.125. The van der Waals surface area contributed by atoms with Gasteiger partial charge in [-0.05, 0) is 44.2 Å². The second-order valence-electron chi connectivity index (χ2n) is 5.35. The lowest BCUT2D eigenvalue weighted by atomic mass is 10.2. The van der Waals surface area contributed by atoms with Crippen LogP contribution in [-0.2, 0) is 0 Å². The number of anilines is 2. The summed E-state index contributed by atoms with van der Waals surface area (Å²) >= 11 is 0. The van der Waals surface area contributed by atoms with Crippen LogP contribution in [0, 0.1) is 13.8 Å². The molecule has 0 unspecified atom stereocenters. The lowest BCUT2D eigenvalue weighted by molar-refractivity contribution is 0.102. The highest BCUT2D eigenvalue weighted by atomic mass is 16.2. The molecule has 2 aromatic heterocycles. The van der Waals surface area contributed by atoms with Crippen LogP contribution >= 0.6 is 0 Å². The summed E-state index contributed by atoms with van der Waals surface area (Å²) in [5.41, 5.74) is 8.80. The Labute approximate surface area is 137 Å². The number of hydrogen-bond donors (Lipinski definition) is 3. The molecule has 2 heterocycles. The van der Waals surface area contributed by atoms with Gasteiger partial charge in [0.2, 0.25) is 0 Å². The number of urea groups is 1. The van der Waals surface area contributed by atoms with E-state index in [0.717, 1.165) is 11.4 Å². The van der Waals surface area contributed by atoms with Gasteiger partial charge in [-0.2, -0.15) is 5.10 Å². The van der Waals surface area contributed by atoms with E-state index in [1.54, 1.807) is 28.8 Å². The van der Waals surface area contributed by atoms with E-state index in [-0.39, 0.29) is 5.91 Å². The molecule has 24 heavy (non-hydrogen) atoms. The van der Waals surface area contributed by atoms with Crippen LogP contribution in [0.3, 0.4) is 0 Å². The predicted octanol–water partition coefficient (Wildman–Crippen LogP) is 2.09. The Morgan fingerprint density at radius 1 is 1.08 bits per heavy atom. The quantitative estimate of drug-likeness (QED) is 0.684. The lowest BCUT2D eigenvalue weighted by Gasteiger charge is -2.06. The van der Waals surface area contributed by atoms with E-state index in [9.17, 15) is 9.59 Å². The van der Waals surface area contributed by atoms with E-state index in [1.807, 2.05) is 19.9 Å². The first-order chi connectivity index (χ1) is 11.4. The number of nitrogens with one attached hydrogen (secondary N) is 2. The third-order valence-electron chi connectivity index (χ3n) is 3.43. The predicted molar refractivity (Wildman–Crippen MR) is 90.1 cm³/mol. The van der Waals surface area contributed by atoms with Crippen LogP contribution in [0.5, 0.6) is 0 Å². The number of hydrogen-bond acceptors (Lipinski definition) is 4. The second-order valence-corrected chi connectivity index (χ2v) is 5.35. The van der Waals surface area contributed by atoms with Gasteiger partial charge in [-0.1, -0.05) is 0 Å². The van der Waals surface area contributed by atoms with Gasteiger partial charge in [0.15, 0.2) is 5.65 Å². The zero-order valence-corrected chi connectivity index (χ0v) is 13.2. The highest BCUT2D eigenvalue weighted by Crippen LogP contribution is 2.17. The summed E-state index contributed by atoms with van der Waals surface area (Å²) in [5, 5.41) is 9.43. The van der Waals surface area contributed by atoms with Crippen LogP contribution in [-0.4, -0.2) is 26.5 Å². The molecule has 0 saturated heterocycles. The summed E-state index contributed by atoms with van der Waals surface area (Å²) in [6.07, 6.45) is 1.49. The van der Waals surface area contributed by atoms with Gasteiger partial charge in [0.25, 0.3) is 5.91 Å². The second kappa shape index (κ2) is 5.99. The number of aromatic nitrogens is 3. The molecule has 0 bridgehead atoms. The SMILES string of the molecule is Cc1cc(C)n2ncc(C(=O)Nc3ccc(NC(N)=O)cc3)c2n1. The molecule has 8 nitrogen and oxygen atoms in total.